The summed E-state index contributed by atoms with van der Waals surface area (Å²) in [5.74, 6) is -1.70. The average molecular weight is 372 g/mol. The third-order valence-electron chi connectivity index (χ3n) is 3.54. The van der Waals surface area contributed by atoms with Crippen LogP contribution < -0.4 is 0 Å². The first-order chi connectivity index (χ1) is 11.6. The van der Waals surface area contributed by atoms with E-state index in [-0.39, 0.29) is 10.7 Å². The highest BCUT2D eigenvalue weighted by Crippen LogP contribution is 2.26. The van der Waals surface area contributed by atoms with Crippen molar-refractivity contribution in [3.63, 3.8) is 0 Å². The highest BCUT2D eigenvalue weighted by Gasteiger charge is 2.51. The van der Waals surface area contributed by atoms with Crippen molar-refractivity contribution in [3.8, 4) is 0 Å². The molecule has 2 rings (SSSR count). The summed E-state index contributed by atoms with van der Waals surface area (Å²) < 4.78 is 43.9. The minimum atomic E-state index is -4.41. The molecule has 1 atom stereocenters. The first-order valence-corrected chi connectivity index (χ1v) is 9.11. The van der Waals surface area contributed by atoms with Crippen molar-refractivity contribution >= 4 is 22.1 Å². The summed E-state index contributed by atoms with van der Waals surface area (Å²) in [6, 6.07) is 7.54. The lowest BCUT2D eigenvalue weighted by Gasteiger charge is -2.23. The number of halogens is 1. The van der Waals surface area contributed by atoms with E-state index < -0.39 is 47.1 Å². The largest absolute Gasteiger partial charge is 0.459 e. The second-order valence-corrected chi connectivity index (χ2v) is 8.46. The third kappa shape index (κ3) is 4.35. The number of hydrogen-bond acceptors (Lipinski definition) is 5. The van der Waals surface area contributed by atoms with Crippen LogP contribution in [0.3, 0.4) is 0 Å². The molecule has 0 N–H and O–H groups in total. The molecule has 9 heteroatoms. The molecule has 1 aliphatic heterocycles. The molecule has 0 saturated carbocycles. The molecule has 1 aromatic rings. The number of nitrogens with zero attached hydrogens (tertiary/aromatic N) is 2. The molecule has 1 heterocycles. The van der Waals surface area contributed by atoms with Crippen LogP contribution in [0.15, 0.2) is 30.3 Å². The van der Waals surface area contributed by atoms with Crippen molar-refractivity contribution in [3.05, 3.63) is 35.9 Å². The summed E-state index contributed by atoms with van der Waals surface area (Å²) in [6.07, 6.45) is 0.0399. The summed E-state index contributed by atoms with van der Waals surface area (Å²) in [5, 5.41) is 0. The molecule has 0 aromatic heterocycles. The van der Waals surface area contributed by atoms with Crippen LogP contribution in [0.25, 0.3) is 0 Å². The van der Waals surface area contributed by atoms with Crippen LogP contribution in [0.4, 0.5) is 4.39 Å². The summed E-state index contributed by atoms with van der Waals surface area (Å²) in [4.78, 5) is 24.4. The molecule has 1 saturated heterocycles. The maximum atomic E-state index is 13.1. The first kappa shape index (κ1) is 19.3. The number of ether oxygens (including phenoxy) is 1. The molecule has 0 radical (unpaired) electrons. The zero-order chi connectivity index (χ0) is 18.8. The van der Waals surface area contributed by atoms with Crippen molar-refractivity contribution in [1.29, 1.82) is 0 Å². The fourth-order valence-electron chi connectivity index (χ4n) is 2.53. The lowest BCUT2D eigenvalue weighted by molar-refractivity contribution is -0.155. The molecular weight excluding hydrogens is 351 g/mol. The van der Waals surface area contributed by atoms with E-state index >= 15 is 0 Å². The Morgan fingerprint density at radius 2 is 1.84 bits per heavy atom. The Balaban J connectivity index is 2.30. The van der Waals surface area contributed by atoms with E-state index in [1.807, 2.05) is 0 Å². The highest BCUT2D eigenvalue weighted by molar-refractivity contribution is 7.87. The zero-order valence-electron chi connectivity index (χ0n) is 14.3. The van der Waals surface area contributed by atoms with Crippen LogP contribution >= 0.6 is 0 Å². The smallest absolute Gasteiger partial charge is 0.321 e. The van der Waals surface area contributed by atoms with Gasteiger partial charge < -0.3 is 4.74 Å². The Bertz CT molecular complexity index is 746. The van der Waals surface area contributed by atoms with E-state index in [1.165, 1.54) is 0 Å². The zero-order valence-corrected chi connectivity index (χ0v) is 15.1. The number of alkyl halides is 1. The fourth-order valence-corrected chi connectivity index (χ4v) is 4.01. The third-order valence-corrected chi connectivity index (χ3v) is 5.35. The van der Waals surface area contributed by atoms with Gasteiger partial charge in [-0.25, -0.2) is 4.39 Å². The van der Waals surface area contributed by atoms with Gasteiger partial charge in [0.05, 0.1) is 0 Å². The molecule has 0 aliphatic carbocycles. The van der Waals surface area contributed by atoms with Crippen molar-refractivity contribution in [1.82, 2.24) is 8.61 Å². The molecule has 138 valence electrons. The molecule has 1 fully saturated rings. The van der Waals surface area contributed by atoms with E-state index in [4.69, 9.17) is 4.74 Å². The maximum Gasteiger partial charge on any atom is 0.321 e. The van der Waals surface area contributed by atoms with Gasteiger partial charge in [-0.1, -0.05) is 30.3 Å². The quantitative estimate of drug-likeness (QED) is 0.574. The predicted octanol–water partition coefficient (Wildman–Crippen LogP) is 1.26. The predicted molar refractivity (Wildman–Crippen MR) is 88.2 cm³/mol. The summed E-state index contributed by atoms with van der Waals surface area (Å²) in [5.41, 5.74) is -0.106. The van der Waals surface area contributed by atoms with Gasteiger partial charge in [0.25, 0.3) is 5.91 Å². The van der Waals surface area contributed by atoms with Crippen molar-refractivity contribution < 1.29 is 27.1 Å². The molecule has 1 unspecified atom stereocenters. The normalized spacial score (nSPS) is 20.7. The number of amides is 1. The van der Waals surface area contributed by atoms with Gasteiger partial charge in [-0.15, -0.1) is 0 Å². The van der Waals surface area contributed by atoms with Gasteiger partial charge >= 0.3 is 16.2 Å². The second-order valence-electron chi connectivity index (χ2n) is 6.65. The highest BCUT2D eigenvalue weighted by atomic mass is 32.2. The summed E-state index contributed by atoms with van der Waals surface area (Å²) in [7, 11) is -4.41. The Morgan fingerprint density at radius 3 is 2.36 bits per heavy atom. The van der Waals surface area contributed by atoms with Crippen LogP contribution in [0, 0.1) is 0 Å². The van der Waals surface area contributed by atoms with Gasteiger partial charge in [-0.05, 0) is 32.8 Å². The van der Waals surface area contributed by atoms with Gasteiger partial charge in [-0.2, -0.15) is 17.0 Å². The number of benzene rings is 1. The Hall–Kier alpha value is -2.00. The van der Waals surface area contributed by atoms with Crippen LogP contribution in [0.1, 0.15) is 26.3 Å². The van der Waals surface area contributed by atoms with Crippen molar-refractivity contribution in [2.24, 2.45) is 0 Å². The summed E-state index contributed by atoms with van der Waals surface area (Å²) in [6.45, 7) is 2.80. The standard InChI is InChI=1S/C16H21FN2O5S/c1-16(2,3)24-14(20)10-18-13(9-12-7-5-4-6-8-12)15(21)19(11-17)25(18,22)23/h4-8,13H,9-11H2,1-3H3. The molecule has 1 aliphatic rings. The fraction of sp³-hybridized carbons (Fsp3) is 0.500. The molecule has 7 nitrogen and oxygen atoms in total. The minimum Gasteiger partial charge on any atom is -0.459 e. The van der Waals surface area contributed by atoms with E-state index in [1.54, 1.807) is 51.1 Å². The SMILES string of the molecule is CC(C)(C)OC(=O)CN1C(Cc2ccccc2)C(=O)N(CF)S1(=O)=O. The number of carbonyl (C=O) groups excluding carboxylic acids is 2. The van der Waals surface area contributed by atoms with E-state index in [2.05, 4.69) is 0 Å². The number of rotatable bonds is 5. The molecule has 1 amide bonds. The van der Waals surface area contributed by atoms with Crippen molar-refractivity contribution in [2.75, 3.05) is 13.3 Å². The van der Waals surface area contributed by atoms with E-state index in [0.29, 0.717) is 9.87 Å². The lowest BCUT2D eigenvalue weighted by atomic mass is 10.1. The van der Waals surface area contributed by atoms with Gasteiger partial charge in [-0.3, -0.25) is 9.59 Å². The lowest BCUT2D eigenvalue weighted by Crippen LogP contribution is -2.42. The molecule has 0 bridgehead atoms. The molecular formula is C16H21FN2O5S. The van der Waals surface area contributed by atoms with Crippen LogP contribution in [-0.2, 0) is 31.0 Å². The van der Waals surface area contributed by atoms with E-state index in [0.717, 1.165) is 0 Å². The number of carbonyl (C=O) groups is 2. The number of hydrogen-bond donors (Lipinski definition) is 0. The van der Waals surface area contributed by atoms with E-state index in [9.17, 15) is 22.4 Å². The Kier molecular flexibility index (Phi) is 5.48. The molecule has 1 aromatic carbocycles. The molecule has 0 spiro atoms. The first-order valence-electron chi connectivity index (χ1n) is 7.71. The minimum absolute atomic E-state index is 0.0399. The van der Waals surface area contributed by atoms with Crippen molar-refractivity contribution in [2.45, 2.75) is 38.8 Å². The topological polar surface area (TPSA) is 84.0 Å². The Labute approximate surface area is 146 Å². The maximum absolute atomic E-state index is 13.1. The second kappa shape index (κ2) is 7.09. The van der Waals surface area contributed by atoms with Gasteiger partial charge in [0.15, 0.2) is 6.80 Å². The molecule has 25 heavy (non-hydrogen) atoms. The van der Waals surface area contributed by atoms with Crippen LogP contribution in [-0.4, -0.2) is 53.9 Å². The average Bonchev–Trinajstić information content (AvgIpc) is 2.66. The monoisotopic (exact) mass is 372 g/mol. The van der Waals surface area contributed by atoms with Crippen LogP contribution in [0.5, 0.6) is 0 Å². The van der Waals surface area contributed by atoms with Gasteiger partial charge in [0.2, 0.25) is 0 Å². The number of esters is 1. The Morgan fingerprint density at radius 1 is 1.24 bits per heavy atom. The van der Waals surface area contributed by atoms with Gasteiger partial charge in [0, 0.05) is 0 Å². The van der Waals surface area contributed by atoms with Gasteiger partial charge in [0.1, 0.15) is 18.2 Å². The van der Waals surface area contributed by atoms with Crippen LogP contribution in [0.2, 0.25) is 0 Å². The summed E-state index contributed by atoms with van der Waals surface area (Å²) >= 11 is 0.